The largest absolute Gasteiger partial charge is 0.395 e. The quantitative estimate of drug-likeness (QED) is 0.701. The van der Waals surface area contributed by atoms with Gasteiger partial charge in [-0.2, -0.15) is 0 Å². The summed E-state index contributed by atoms with van der Waals surface area (Å²) >= 11 is 0. The van der Waals surface area contributed by atoms with Crippen LogP contribution in [0.1, 0.15) is 26.7 Å². The summed E-state index contributed by atoms with van der Waals surface area (Å²) in [5.74, 6) is 0.698. The van der Waals surface area contributed by atoms with Crippen molar-refractivity contribution in [1.29, 1.82) is 0 Å². The molecule has 0 amide bonds. The van der Waals surface area contributed by atoms with Gasteiger partial charge in [0.15, 0.2) is 0 Å². The minimum Gasteiger partial charge on any atom is -0.395 e. The first-order valence-corrected chi connectivity index (χ1v) is 5.82. The first-order chi connectivity index (χ1) is 6.76. The molecule has 2 atom stereocenters. The van der Waals surface area contributed by atoms with E-state index in [1.807, 2.05) is 0 Å². The third-order valence-electron chi connectivity index (χ3n) is 2.85. The maximum Gasteiger partial charge on any atom is 0.0597 e. The van der Waals surface area contributed by atoms with E-state index in [0.717, 1.165) is 13.1 Å². The van der Waals surface area contributed by atoms with Gasteiger partial charge < -0.3 is 15.3 Å². The van der Waals surface area contributed by atoms with Crippen LogP contribution in [0, 0.1) is 5.92 Å². The van der Waals surface area contributed by atoms with Crippen LogP contribution < -0.4 is 5.32 Å². The molecule has 1 heterocycles. The van der Waals surface area contributed by atoms with Gasteiger partial charge in [0.2, 0.25) is 0 Å². The van der Waals surface area contributed by atoms with Gasteiger partial charge in [0.05, 0.1) is 6.61 Å². The summed E-state index contributed by atoms with van der Waals surface area (Å²) in [7, 11) is 0. The lowest BCUT2D eigenvalue weighted by atomic mass is 10.1. The molecule has 0 aromatic heterocycles. The van der Waals surface area contributed by atoms with Gasteiger partial charge in [-0.3, -0.25) is 0 Å². The number of nitrogens with zero attached hydrogens (tertiary/aromatic N) is 1. The van der Waals surface area contributed by atoms with Crippen LogP contribution in [0.2, 0.25) is 0 Å². The minimum atomic E-state index is 0.259. The maximum absolute atomic E-state index is 9.16. The highest BCUT2D eigenvalue weighted by molar-refractivity contribution is 4.78. The van der Waals surface area contributed by atoms with E-state index in [0.29, 0.717) is 5.92 Å². The van der Waals surface area contributed by atoms with Crippen LogP contribution in [0.5, 0.6) is 0 Å². The second-order valence-corrected chi connectivity index (χ2v) is 4.51. The predicted molar refractivity (Wildman–Crippen MR) is 59.4 cm³/mol. The standard InChI is InChI=1S/C11H24N2O/c1-3-4-5-13-7-10(2)6-12-11(8-13)9-14/h10-12,14H,3-9H2,1-2H3. The van der Waals surface area contributed by atoms with E-state index >= 15 is 0 Å². The zero-order valence-electron chi connectivity index (χ0n) is 9.50. The molecule has 0 saturated carbocycles. The molecule has 2 N–H and O–H groups in total. The Balaban J connectivity index is 2.37. The van der Waals surface area contributed by atoms with Crippen molar-refractivity contribution in [2.75, 3.05) is 32.8 Å². The fraction of sp³-hybridized carbons (Fsp3) is 1.00. The van der Waals surface area contributed by atoms with Gasteiger partial charge in [0, 0.05) is 19.1 Å². The Hall–Kier alpha value is -0.120. The minimum absolute atomic E-state index is 0.259. The average Bonchev–Trinajstić information content (AvgIpc) is 2.37. The Kier molecular flexibility index (Phi) is 5.45. The highest BCUT2D eigenvalue weighted by atomic mass is 16.3. The highest BCUT2D eigenvalue weighted by Crippen LogP contribution is 2.07. The Morgan fingerprint density at radius 2 is 2.21 bits per heavy atom. The molecule has 1 fully saturated rings. The van der Waals surface area contributed by atoms with Crippen LogP contribution in [-0.2, 0) is 0 Å². The molecule has 1 aliphatic rings. The fourth-order valence-electron chi connectivity index (χ4n) is 2.01. The van der Waals surface area contributed by atoms with Crippen molar-refractivity contribution in [3.05, 3.63) is 0 Å². The molecular formula is C11H24N2O. The number of aliphatic hydroxyl groups is 1. The van der Waals surface area contributed by atoms with E-state index in [-0.39, 0.29) is 12.6 Å². The van der Waals surface area contributed by atoms with Crippen molar-refractivity contribution in [1.82, 2.24) is 10.2 Å². The van der Waals surface area contributed by atoms with Crippen LogP contribution in [0.25, 0.3) is 0 Å². The molecule has 84 valence electrons. The molecule has 0 aromatic carbocycles. The monoisotopic (exact) mass is 200 g/mol. The molecule has 2 unspecified atom stereocenters. The Morgan fingerprint density at radius 3 is 2.86 bits per heavy atom. The van der Waals surface area contributed by atoms with Gasteiger partial charge in [0.1, 0.15) is 0 Å². The zero-order chi connectivity index (χ0) is 10.4. The Morgan fingerprint density at radius 1 is 1.43 bits per heavy atom. The van der Waals surface area contributed by atoms with Crippen molar-refractivity contribution in [3.63, 3.8) is 0 Å². The van der Waals surface area contributed by atoms with E-state index in [9.17, 15) is 0 Å². The van der Waals surface area contributed by atoms with Gasteiger partial charge in [-0.1, -0.05) is 20.3 Å². The molecule has 14 heavy (non-hydrogen) atoms. The molecule has 0 aromatic rings. The number of hydrogen-bond acceptors (Lipinski definition) is 3. The molecule has 3 heteroatoms. The smallest absolute Gasteiger partial charge is 0.0597 e. The van der Waals surface area contributed by atoms with Gasteiger partial charge in [0.25, 0.3) is 0 Å². The topological polar surface area (TPSA) is 35.5 Å². The van der Waals surface area contributed by atoms with E-state index < -0.39 is 0 Å². The number of rotatable bonds is 4. The van der Waals surface area contributed by atoms with Gasteiger partial charge in [-0.25, -0.2) is 0 Å². The molecule has 1 saturated heterocycles. The average molecular weight is 200 g/mol. The number of aliphatic hydroxyl groups excluding tert-OH is 1. The maximum atomic E-state index is 9.16. The van der Waals surface area contributed by atoms with E-state index in [2.05, 4.69) is 24.1 Å². The molecule has 1 rings (SSSR count). The molecule has 3 nitrogen and oxygen atoms in total. The summed E-state index contributed by atoms with van der Waals surface area (Å²) in [5.41, 5.74) is 0. The summed E-state index contributed by atoms with van der Waals surface area (Å²) < 4.78 is 0. The van der Waals surface area contributed by atoms with Gasteiger partial charge in [-0.15, -0.1) is 0 Å². The third-order valence-corrected chi connectivity index (χ3v) is 2.85. The van der Waals surface area contributed by atoms with Crippen LogP contribution in [0.4, 0.5) is 0 Å². The third kappa shape index (κ3) is 3.95. The molecule has 0 radical (unpaired) electrons. The van der Waals surface area contributed by atoms with Crippen LogP contribution >= 0.6 is 0 Å². The van der Waals surface area contributed by atoms with E-state index in [4.69, 9.17) is 5.11 Å². The van der Waals surface area contributed by atoms with Crippen molar-refractivity contribution < 1.29 is 5.11 Å². The Labute approximate surface area is 87.5 Å². The lowest BCUT2D eigenvalue weighted by Crippen LogP contribution is -2.40. The van der Waals surface area contributed by atoms with E-state index in [1.54, 1.807) is 0 Å². The molecule has 0 aliphatic carbocycles. The first-order valence-electron chi connectivity index (χ1n) is 5.82. The van der Waals surface area contributed by atoms with Crippen molar-refractivity contribution in [2.45, 2.75) is 32.7 Å². The zero-order valence-corrected chi connectivity index (χ0v) is 9.50. The van der Waals surface area contributed by atoms with E-state index in [1.165, 1.54) is 25.9 Å². The number of nitrogens with one attached hydrogen (secondary N) is 1. The second-order valence-electron chi connectivity index (χ2n) is 4.51. The Bertz CT molecular complexity index is 152. The predicted octanol–water partition coefficient (Wildman–Crippen LogP) is 0.689. The summed E-state index contributed by atoms with van der Waals surface area (Å²) in [5, 5.41) is 12.6. The fourth-order valence-corrected chi connectivity index (χ4v) is 2.01. The molecule has 1 aliphatic heterocycles. The molecule has 0 spiro atoms. The van der Waals surface area contributed by atoms with Crippen molar-refractivity contribution >= 4 is 0 Å². The van der Waals surface area contributed by atoms with Crippen LogP contribution in [0.3, 0.4) is 0 Å². The van der Waals surface area contributed by atoms with Gasteiger partial charge >= 0.3 is 0 Å². The summed E-state index contributed by atoms with van der Waals surface area (Å²) in [6, 6.07) is 0.275. The van der Waals surface area contributed by atoms with Crippen molar-refractivity contribution in [2.24, 2.45) is 5.92 Å². The second kappa shape index (κ2) is 6.38. The highest BCUT2D eigenvalue weighted by Gasteiger charge is 2.19. The lowest BCUT2D eigenvalue weighted by Gasteiger charge is -2.23. The molecule has 0 bridgehead atoms. The normalized spacial score (nSPS) is 30.2. The first kappa shape index (κ1) is 12.0. The summed E-state index contributed by atoms with van der Waals surface area (Å²) in [4.78, 5) is 2.48. The lowest BCUT2D eigenvalue weighted by molar-refractivity contribution is 0.195. The molecular weight excluding hydrogens is 176 g/mol. The van der Waals surface area contributed by atoms with Crippen LogP contribution in [0.15, 0.2) is 0 Å². The summed E-state index contributed by atoms with van der Waals surface area (Å²) in [6.45, 7) is 9.14. The number of hydrogen-bond donors (Lipinski definition) is 2. The van der Waals surface area contributed by atoms with Crippen LogP contribution in [-0.4, -0.2) is 48.8 Å². The summed E-state index contributed by atoms with van der Waals surface area (Å²) in [6.07, 6.45) is 2.52. The van der Waals surface area contributed by atoms with Crippen molar-refractivity contribution in [3.8, 4) is 0 Å². The number of unbranched alkanes of at least 4 members (excludes halogenated alkanes) is 1. The van der Waals surface area contributed by atoms with Gasteiger partial charge in [-0.05, 0) is 25.4 Å². The SMILES string of the molecule is CCCCN1CC(C)CNC(CO)C1.